The molecule has 1 rings (SSSR count). The minimum atomic E-state index is 0.318. The maximum absolute atomic E-state index is 11.9. The SMILES string of the molecule is CC(C)N1CC(C(C)C)(C(C)C)CCC1=O. The standard InChI is InChI=1S/C14H27NO/c1-10(2)14(11(3)4)8-7-13(16)15(9-14)12(5)6/h10-12H,7-9H2,1-6H3. The molecule has 0 spiro atoms. The Bertz CT molecular complexity index is 247. The van der Waals surface area contributed by atoms with Crippen molar-refractivity contribution in [3.8, 4) is 0 Å². The Morgan fingerprint density at radius 1 is 1.06 bits per heavy atom. The lowest BCUT2D eigenvalue weighted by Gasteiger charge is -2.49. The largest absolute Gasteiger partial charge is 0.340 e. The molecule has 0 bridgehead atoms. The van der Waals surface area contributed by atoms with Gasteiger partial charge in [0, 0.05) is 19.0 Å². The molecule has 0 aromatic heterocycles. The highest BCUT2D eigenvalue weighted by Gasteiger charge is 2.43. The van der Waals surface area contributed by atoms with Crippen molar-refractivity contribution in [1.29, 1.82) is 0 Å². The van der Waals surface area contributed by atoms with Crippen LogP contribution in [0.1, 0.15) is 54.4 Å². The van der Waals surface area contributed by atoms with Gasteiger partial charge in [-0.3, -0.25) is 4.79 Å². The second-order valence-electron chi connectivity index (χ2n) is 6.16. The number of hydrogen-bond acceptors (Lipinski definition) is 1. The van der Waals surface area contributed by atoms with Crippen LogP contribution in [0.5, 0.6) is 0 Å². The molecule has 0 N–H and O–H groups in total. The Hall–Kier alpha value is -0.530. The fraction of sp³-hybridized carbons (Fsp3) is 0.929. The van der Waals surface area contributed by atoms with Gasteiger partial charge in [-0.25, -0.2) is 0 Å². The fourth-order valence-corrected chi connectivity index (χ4v) is 3.05. The van der Waals surface area contributed by atoms with Crippen LogP contribution in [-0.2, 0) is 4.79 Å². The van der Waals surface area contributed by atoms with E-state index in [1.54, 1.807) is 0 Å². The van der Waals surface area contributed by atoms with E-state index in [9.17, 15) is 4.79 Å². The van der Waals surface area contributed by atoms with Crippen LogP contribution in [0.3, 0.4) is 0 Å². The molecule has 2 nitrogen and oxygen atoms in total. The molecule has 1 aliphatic heterocycles. The van der Waals surface area contributed by atoms with Crippen LogP contribution in [0.2, 0.25) is 0 Å². The second kappa shape index (κ2) is 4.77. The predicted octanol–water partition coefficient (Wildman–Crippen LogP) is 3.32. The summed E-state index contributed by atoms with van der Waals surface area (Å²) in [6.45, 7) is 14.4. The summed E-state index contributed by atoms with van der Waals surface area (Å²) in [6.07, 6.45) is 1.79. The summed E-state index contributed by atoms with van der Waals surface area (Å²) >= 11 is 0. The van der Waals surface area contributed by atoms with Gasteiger partial charge in [0.15, 0.2) is 0 Å². The number of amides is 1. The first-order valence-corrected chi connectivity index (χ1v) is 6.60. The van der Waals surface area contributed by atoms with Gasteiger partial charge >= 0.3 is 0 Å². The molecule has 0 aromatic rings. The number of hydrogen-bond donors (Lipinski definition) is 0. The minimum absolute atomic E-state index is 0.318. The first-order chi connectivity index (χ1) is 7.31. The number of rotatable bonds is 3. The predicted molar refractivity (Wildman–Crippen MR) is 68.2 cm³/mol. The molecule has 0 aromatic carbocycles. The lowest BCUT2D eigenvalue weighted by molar-refractivity contribution is -0.143. The minimum Gasteiger partial charge on any atom is -0.340 e. The second-order valence-corrected chi connectivity index (χ2v) is 6.16. The molecule has 1 saturated heterocycles. The summed E-state index contributed by atoms with van der Waals surface area (Å²) in [7, 11) is 0. The highest BCUT2D eigenvalue weighted by Crippen LogP contribution is 2.44. The van der Waals surface area contributed by atoms with Gasteiger partial charge in [-0.1, -0.05) is 27.7 Å². The molecule has 1 fully saturated rings. The van der Waals surface area contributed by atoms with E-state index in [0.29, 0.717) is 29.2 Å². The van der Waals surface area contributed by atoms with Crippen molar-refractivity contribution in [3.63, 3.8) is 0 Å². The summed E-state index contributed by atoms with van der Waals surface area (Å²) in [5.74, 6) is 1.62. The van der Waals surface area contributed by atoms with Gasteiger partial charge in [-0.15, -0.1) is 0 Å². The quantitative estimate of drug-likeness (QED) is 0.721. The van der Waals surface area contributed by atoms with Gasteiger partial charge in [-0.05, 0) is 37.5 Å². The highest BCUT2D eigenvalue weighted by molar-refractivity contribution is 5.77. The first kappa shape index (κ1) is 13.5. The molecule has 0 unspecified atom stereocenters. The van der Waals surface area contributed by atoms with Crippen molar-refractivity contribution >= 4 is 5.91 Å². The molecule has 1 amide bonds. The van der Waals surface area contributed by atoms with Crippen LogP contribution in [0.4, 0.5) is 0 Å². The van der Waals surface area contributed by atoms with Crippen LogP contribution in [0, 0.1) is 17.3 Å². The summed E-state index contributed by atoms with van der Waals surface area (Å²) in [4.78, 5) is 14.0. The van der Waals surface area contributed by atoms with Gasteiger partial charge in [0.1, 0.15) is 0 Å². The lowest BCUT2D eigenvalue weighted by atomic mass is 9.64. The van der Waals surface area contributed by atoms with E-state index in [1.807, 2.05) is 0 Å². The third-order valence-electron chi connectivity index (χ3n) is 4.51. The molecule has 94 valence electrons. The molecular formula is C14H27NO. The molecular weight excluding hydrogens is 198 g/mol. The average molecular weight is 225 g/mol. The van der Waals surface area contributed by atoms with Gasteiger partial charge in [0.2, 0.25) is 5.91 Å². The smallest absolute Gasteiger partial charge is 0.222 e. The molecule has 0 saturated carbocycles. The Kier molecular flexibility index (Phi) is 4.03. The third-order valence-corrected chi connectivity index (χ3v) is 4.51. The Balaban J connectivity index is 2.94. The van der Waals surface area contributed by atoms with Gasteiger partial charge < -0.3 is 4.90 Å². The van der Waals surface area contributed by atoms with E-state index < -0.39 is 0 Å². The van der Waals surface area contributed by atoms with Crippen molar-refractivity contribution in [2.75, 3.05) is 6.54 Å². The summed E-state index contributed by atoms with van der Waals surface area (Å²) in [5.41, 5.74) is 0.318. The highest BCUT2D eigenvalue weighted by atomic mass is 16.2. The van der Waals surface area contributed by atoms with Crippen molar-refractivity contribution in [2.24, 2.45) is 17.3 Å². The van der Waals surface area contributed by atoms with E-state index in [-0.39, 0.29) is 0 Å². The van der Waals surface area contributed by atoms with E-state index in [4.69, 9.17) is 0 Å². The molecule has 1 aliphatic rings. The zero-order chi connectivity index (χ0) is 12.5. The number of carbonyl (C=O) groups excluding carboxylic acids is 1. The molecule has 2 heteroatoms. The van der Waals surface area contributed by atoms with Crippen molar-refractivity contribution in [2.45, 2.75) is 60.4 Å². The Labute approximate surface area is 100 Å². The number of likely N-dealkylation sites (tertiary alicyclic amines) is 1. The van der Waals surface area contributed by atoms with Crippen LogP contribution in [-0.4, -0.2) is 23.4 Å². The van der Waals surface area contributed by atoms with Crippen LogP contribution < -0.4 is 0 Å². The normalized spacial score (nSPS) is 21.3. The maximum Gasteiger partial charge on any atom is 0.222 e. The zero-order valence-electron chi connectivity index (χ0n) is 11.7. The first-order valence-electron chi connectivity index (χ1n) is 6.60. The molecule has 1 heterocycles. The summed E-state index contributed by atoms with van der Waals surface area (Å²) in [6, 6.07) is 0.338. The topological polar surface area (TPSA) is 20.3 Å². The van der Waals surface area contributed by atoms with E-state index in [2.05, 4.69) is 46.4 Å². The maximum atomic E-state index is 11.9. The molecule has 0 atom stereocenters. The van der Waals surface area contributed by atoms with Crippen LogP contribution in [0.15, 0.2) is 0 Å². The van der Waals surface area contributed by atoms with Crippen molar-refractivity contribution in [3.05, 3.63) is 0 Å². The Morgan fingerprint density at radius 2 is 1.56 bits per heavy atom. The van der Waals surface area contributed by atoms with Gasteiger partial charge in [0.25, 0.3) is 0 Å². The van der Waals surface area contributed by atoms with Gasteiger partial charge in [-0.2, -0.15) is 0 Å². The fourth-order valence-electron chi connectivity index (χ4n) is 3.05. The third kappa shape index (κ3) is 2.26. The summed E-state index contributed by atoms with van der Waals surface area (Å²) in [5, 5.41) is 0. The van der Waals surface area contributed by atoms with E-state index >= 15 is 0 Å². The zero-order valence-corrected chi connectivity index (χ0v) is 11.7. The van der Waals surface area contributed by atoms with Crippen LogP contribution >= 0.6 is 0 Å². The molecule has 16 heavy (non-hydrogen) atoms. The number of nitrogens with zero attached hydrogens (tertiary/aromatic N) is 1. The van der Waals surface area contributed by atoms with Crippen molar-refractivity contribution < 1.29 is 4.79 Å². The van der Waals surface area contributed by atoms with E-state index in [0.717, 1.165) is 19.4 Å². The average Bonchev–Trinajstić information content (AvgIpc) is 2.17. The molecule has 0 aliphatic carbocycles. The van der Waals surface area contributed by atoms with E-state index in [1.165, 1.54) is 0 Å². The Morgan fingerprint density at radius 3 is 1.94 bits per heavy atom. The van der Waals surface area contributed by atoms with Gasteiger partial charge in [0.05, 0.1) is 0 Å². The van der Waals surface area contributed by atoms with Crippen molar-refractivity contribution in [1.82, 2.24) is 4.90 Å². The molecule has 0 radical (unpaired) electrons. The van der Waals surface area contributed by atoms with Crippen LogP contribution in [0.25, 0.3) is 0 Å². The monoisotopic (exact) mass is 225 g/mol. The number of piperidine rings is 1. The summed E-state index contributed by atoms with van der Waals surface area (Å²) < 4.78 is 0. The lowest BCUT2D eigenvalue weighted by Crippen LogP contribution is -2.53. The number of carbonyl (C=O) groups is 1.